The highest BCUT2D eigenvalue weighted by atomic mass is 79.9. The van der Waals surface area contributed by atoms with Gasteiger partial charge in [0, 0.05) is 16.4 Å². The number of rotatable bonds is 1. The molecule has 0 unspecified atom stereocenters. The quantitative estimate of drug-likeness (QED) is 0.686. The fourth-order valence-electron chi connectivity index (χ4n) is 2.60. The average molecular weight is 332 g/mol. The maximum atomic E-state index is 4.85. The SMILES string of the molecule is CC1=CC(C2=C(C)CCC=C2)=NC2=C(Br)CCC=NN12. The summed E-state index contributed by atoms with van der Waals surface area (Å²) in [7, 11) is 0. The van der Waals surface area contributed by atoms with E-state index in [1.54, 1.807) is 0 Å². The molecule has 3 aliphatic rings. The standard InChI is InChI=1S/C16H18BrN3/c1-11-6-3-4-7-13(11)15-10-12(2)20-16(19-15)14(17)8-5-9-18-20/h4,7,9-10H,3,5-6,8H2,1-2H3. The van der Waals surface area contributed by atoms with E-state index in [9.17, 15) is 0 Å². The minimum atomic E-state index is 0.924. The van der Waals surface area contributed by atoms with Crippen LogP contribution in [0.25, 0.3) is 0 Å². The maximum absolute atomic E-state index is 4.85. The van der Waals surface area contributed by atoms with Crippen molar-refractivity contribution in [3.8, 4) is 0 Å². The fourth-order valence-corrected chi connectivity index (χ4v) is 3.09. The summed E-state index contributed by atoms with van der Waals surface area (Å²) >= 11 is 3.66. The van der Waals surface area contributed by atoms with E-state index in [-0.39, 0.29) is 0 Å². The van der Waals surface area contributed by atoms with Crippen LogP contribution in [0.3, 0.4) is 0 Å². The topological polar surface area (TPSA) is 28.0 Å². The normalized spacial score (nSPS) is 22.6. The second kappa shape index (κ2) is 5.52. The Morgan fingerprint density at radius 1 is 1.20 bits per heavy atom. The Morgan fingerprint density at radius 2 is 2.05 bits per heavy atom. The second-order valence-corrected chi connectivity index (χ2v) is 6.25. The predicted molar refractivity (Wildman–Crippen MR) is 87.8 cm³/mol. The average Bonchev–Trinajstić information content (AvgIpc) is 2.62. The number of hydrogen-bond acceptors (Lipinski definition) is 3. The molecule has 104 valence electrons. The minimum Gasteiger partial charge on any atom is -0.228 e. The molecule has 0 radical (unpaired) electrons. The molecule has 1 aliphatic carbocycles. The lowest BCUT2D eigenvalue weighted by atomic mass is 9.94. The van der Waals surface area contributed by atoms with Crippen molar-refractivity contribution in [2.45, 2.75) is 39.5 Å². The van der Waals surface area contributed by atoms with Gasteiger partial charge in [-0.05, 0) is 51.2 Å². The Labute approximate surface area is 128 Å². The summed E-state index contributed by atoms with van der Waals surface area (Å²) in [6, 6.07) is 0. The predicted octanol–water partition coefficient (Wildman–Crippen LogP) is 4.66. The molecule has 0 amide bonds. The van der Waals surface area contributed by atoms with E-state index in [1.807, 2.05) is 11.2 Å². The van der Waals surface area contributed by atoms with Crippen LogP contribution in [0.5, 0.6) is 0 Å². The maximum Gasteiger partial charge on any atom is 0.164 e. The Hall–Kier alpha value is -1.42. The van der Waals surface area contributed by atoms with Gasteiger partial charge in [-0.15, -0.1) is 0 Å². The Bertz CT molecular complexity index is 618. The van der Waals surface area contributed by atoms with E-state index < -0.39 is 0 Å². The van der Waals surface area contributed by atoms with Gasteiger partial charge in [-0.2, -0.15) is 5.10 Å². The fraction of sp³-hybridized carbons (Fsp3) is 0.375. The first kappa shape index (κ1) is 13.6. The first-order chi connectivity index (χ1) is 9.66. The number of halogens is 1. The van der Waals surface area contributed by atoms with Gasteiger partial charge in [-0.3, -0.25) is 0 Å². The summed E-state index contributed by atoms with van der Waals surface area (Å²) in [5.74, 6) is 0.924. The Morgan fingerprint density at radius 3 is 2.85 bits per heavy atom. The highest BCUT2D eigenvalue weighted by Crippen LogP contribution is 2.32. The molecule has 0 fully saturated rings. The first-order valence-electron chi connectivity index (χ1n) is 7.01. The molecule has 0 bridgehead atoms. The van der Waals surface area contributed by atoms with Gasteiger partial charge < -0.3 is 0 Å². The van der Waals surface area contributed by atoms with Crippen molar-refractivity contribution in [2.75, 3.05) is 0 Å². The third-order valence-electron chi connectivity index (χ3n) is 3.75. The first-order valence-corrected chi connectivity index (χ1v) is 7.81. The molecule has 0 aromatic rings. The summed E-state index contributed by atoms with van der Waals surface area (Å²) in [6.07, 6.45) is 12.7. The van der Waals surface area contributed by atoms with E-state index in [0.717, 1.165) is 47.4 Å². The second-order valence-electron chi connectivity index (χ2n) is 5.29. The number of aliphatic imine (C=N–C) groups is 1. The molecule has 0 aromatic heterocycles. The van der Waals surface area contributed by atoms with Crippen molar-refractivity contribution in [3.63, 3.8) is 0 Å². The summed E-state index contributed by atoms with van der Waals surface area (Å²) < 4.78 is 1.12. The van der Waals surface area contributed by atoms with Gasteiger partial charge in [0.1, 0.15) is 0 Å². The van der Waals surface area contributed by atoms with Crippen molar-refractivity contribution in [2.24, 2.45) is 10.1 Å². The van der Waals surface area contributed by atoms with Gasteiger partial charge in [0.2, 0.25) is 0 Å². The molecule has 2 aliphatic heterocycles. The molecule has 0 aromatic carbocycles. The molecule has 3 rings (SSSR count). The van der Waals surface area contributed by atoms with Crippen LogP contribution in [0.4, 0.5) is 0 Å². The van der Waals surface area contributed by atoms with Crippen LogP contribution in [0.2, 0.25) is 0 Å². The highest BCUT2D eigenvalue weighted by molar-refractivity contribution is 9.11. The number of hydrogen-bond donors (Lipinski definition) is 0. The van der Waals surface area contributed by atoms with Crippen molar-refractivity contribution in [1.29, 1.82) is 0 Å². The molecule has 0 saturated carbocycles. The Kier molecular flexibility index (Phi) is 3.74. The Balaban J connectivity index is 2.08. The van der Waals surface area contributed by atoms with E-state index in [2.05, 4.69) is 53.1 Å². The summed E-state index contributed by atoms with van der Waals surface area (Å²) in [4.78, 5) is 4.85. The third-order valence-corrected chi connectivity index (χ3v) is 4.50. The van der Waals surface area contributed by atoms with Crippen molar-refractivity contribution < 1.29 is 0 Å². The van der Waals surface area contributed by atoms with Gasteiger partial charge in [0.25, 0.3) is 0 Å². The molecule has 2 heterocycles. The zero-order valence-corrected chi connectivity index (χ0v) is 13.4. The number of fused-ring (bicyclic) bond motifs is 1. The van der Waals surface area contributed by atoms with Gasteiger partial charge in [0.15, 0.2) is 5.82 Å². The van der Waals surface area contributed by atoms with Crippen LogP contribution in [-0.4, -0.2) is 16.9 Å². The van der Waals surface area contributed by atoms with Crippen LogP contribution >= 0.6 is 15.9 Å². The van der Waals surface area contributed by atoms with E-state index in [0.29, 0.717) is 0 Å². The van der Waals surface area contributed by atoms with E-state index >= 15 is 0 Å². The molecule has 3 nitrogen and oxygen atoms in total. The summed E-state index contributed by atoms with van der Waals surface area (Å²) in [5, 5.41) is 6.41. The van der Waals surface area contributed by atoms with Gasteiger partial charge in [-0.25, -0.2) is 10.0 Å². The molecule has 0 saturated heterocycles. The molecular weight excluding hydrogens is 314 g/mol. The summed E-state index contributed by atoms with van der Waals surface area (Å²) in [6.45, 7) is 4.28. The minimum absolute atomic E-state index is 0.924. The number of hydrazone groups is 1. The van der Waals surface area contributed by atoms with Crippen molar-refractivity contribution in [1.82, 2.24) is 5.01 Å². The van der Waals surface area contributed by atoms with Crippen LogP contribution in [-0.2, 0) is 0 Å². The molecule has 4 heteroatoms. The van der Waals surface area contributed by atoms with Crippen molar-refractivity contribution >= 4 is 27.9 Å². The highest BCUT2D eigenvalue weighted by Gasteiger charge is 2.23. The smallest absolute Gasteiger partial charge is 0.164 e. The van der Waals surface area contributed by atoms with Crippen LogP contribution < -0.4 is 0 Å². The molecule has 0 spiro atoms. The van der Waals surface area contributed by atoms with Crippen LogP contribution in [0.1, 0.15) is 39.5 Å². The largest absolute Gasteiger partial charge is 0.228 e. The monoisotopic (exact) mass is 331 g/mol. The zero-order valence-electron chi connectivity index (χ0n) is 11.9. The third kappa shape index (κ3) is 2.44. The van der Waals surface area contributed by atoms with Gasteiger partial charge in [0.05, 0.1) is 5.71 Å². The summed E-state index contributed by atoms with van der Waals surface area (Å²) in [5.41, 5.74) is 4.84. The van der Waals surface area contributed by atoms with Crippen LogP contribution in [0.15, 0.2) is 55.5 Å². The van der Waals surface area contributed by atoms with Gasteiger partial charge >= 0.3 is 0 Å². The lowest BCUT2D eigenvalue weighted by Gasteiger charge is -2.26. The molecule has 0 N–H and O–H groups in total. The van der Waals surface area contributed by atoms with E-state index in [1.165, 1.54) is 11.1 Å². The number of allylic oxidation sites excluding steroid dienone is 7. The van der Waals surface area contributed by atoms with Crippen LogP contribution in [0, 0.1) is 0 Å². The molecular formula is C16H18BrN3. The van der Waals surface area contributed by atoms with E-state index in [4.69, 9.17) is 4.99 Å². The zero-order chi connectivity index (χ0) is 14.1. The van der Waals surface area contributed by atoms with Crippen molar-refractivity contribution in [3.05, 3.63) is 45.4 Å². The number of nitrogens with zero attached hydrogens (tertiary/aromatic N) is 3. The molecule has 20 heavy (non-hydrogen) atoms. The van der Waals surface area contributed by atoms with Gasteiger partial charge in [-0.1, -0.05) is 33.7 Å². The molecule has 0 atom stereocenters. The lowest BCUT2D eigenvalue weighted by molar-refractivity contribution is 0.449. The lowest BCUT2D eigenvalue weighted by Crippen LogP contribution is -2.21.